The normalized spacial score (nSPS) is 13.2. The van der Waals surface area contributed by atoms with E-state index in [1.807, 2.05) is 50.8 Å². The number of nitrogens with zero attached hydrogens (tertiary/aromatic N) is 6. The van der Waals surface area contributed by atoms with Gasteiger partial charge in [-0.25, -0.2) is 4.98 Å². The fourth-order valence-electron chi connectivity index (χ4n) is 5.62. The van der Waals surface area contributed by atoms with Crippen LogP contribution in [0.3, 0.4) is 0 Å². The van der Waals surface area contributed by atoms with Gasteiger partial charge in [0.25, 0.3) is 5.91 Å². The number of carbonyl (C=O) groups is 2. The van der Waals surface area contributed by atoms with Crippen LogP contribution in [-0.4, -0.2) is 77.6 Å². The summed E-state index contributed by atoms with van der Waals surface area (Å²) in [6.45, 7) is 7.04. The number of fused-ring (bicyclic) bond motifs is 1. The Bertz CT molecular complexity index is 1710. The van der Waals surface area contributed by atoms with Gasteiger partial charge in [-0.15, -0.1) is 0 Å². The molecule has 12 heteroatoms. The molecule has 1 fully saturated rings. The van der Waals surface area contributed by atoms with Crippen molar-refractivity contribution in [3.05, 3.63) is 66.8 Å². The SMILES string of the molecule is C=CC(=O)Nc1cc(Nc2ncc3cc(C(=O)Nc4ccnc(C)c4)n(C4CCCC4)c3n2)c(OC)cc1N(C)CCN(C)C. The van der Waals surface area contributed by atoms with Crippen LogP contribution >= 0.6 is 0 Å². The molecule has 45 heavy (non-hydrogen) atoms. The molecule has 1 aromatic carbocycles. The standard InChI is InChI=1S/C33H41N9O3/c1-7-30(43)37-25-18-26(29(45-6)19-27(25)41(5)15-14-40(3)4)38-33-35-20-22-17-28(32(44)36-23-12-13-34-21(2)16-23)42(31(22)39-33)24-10-8-9-11-24/h7,12-13,16-20,24H,1,8-11,14-15H2,2-6H3,(H,37,43)(H,34,36,44)(H,35,38,39). The van der Waals surface area contributed by atoms with Crippen molar-refractivity contribution < 1.29 is 14.3 Å². The molecule has 3 heterocycles. The quantitative estimate of drug-likeness (QED) is 0.181. The molecule has 236 valence electrons. The van der Waals surface area contributed by atoms with Crippen LogP contribution in [0.4, 0.5) is 28.7 Å². The van der Waals surface area contributed by atoms with Gasteiger partial charge >= 0.3 is 0 Å². The average molecular weight is 612 g/mol. The zero-order valence-electron chi connectivity index (χ0n) is 26.6. The van der Waals surface area contributed by atoms with Crippen molar-refractivity contribution in [2.24, 2.45) is 0 Å². The summed E-state index contributed by atoms with van der Waals surface area (Å²) in [5, 5.41) is 10.0. The van der Waals surface area contributed by atoms with Gasteiger partial charge in [0.2, 0.25) is 11.9 Å². The average Bonchev–Trinajstić information content (AvgIpc) is 3.68. The third-order valence-electron chi connectivity index (χ3n) is 7.95. The highest BCUT2D eigenvalue weighted by molar-refractivity contribution is 6.06. The van der Waals surface area contributed by atoms with Gasteiger partial charge in [-0.1, -0.05) is 19.4 Å². The number of benzene rings is 1. The van der Waals surface area contributed by atoms with Crippen molar-refractivity contribution in [3.8, 4) is 5.75 Å². The molecule has 0 unspecified atom stereocenters. The lowest BCUT2D eigenvalue weighted by atomic mass is 10.2. The highest BCUT2D eigenvalue weighted by Crippen LogP contribution is 2.39. The maximum absolute atomic E-state index is 13.6. The maximum Gasteiger partial charge on any atom is 0.272 e. The first-order valence-electron chi connectivity index (χ1n) is 15.1. The lowest BCUT2D eigenvalue weighted by Crippen LogP contribution is -2.29. The second-order valence-electron chi connectivity index (χ2n) is 11.6. The van der Waals surface area contributed by atoms with Gasteiger partial charge in [-0.3, -0.25) is 14.6 Å². The van der Waals surface area contributed by atoms with Crippen molar-refractivity contribution in [1.82, 2.24) is 24.4 Å². The van der Waals surface area contributed by atoms with Gasteiger partial charge in [0.05, 0.1) is 24.2 Å². The predicted octanol–water partition coefficient (Wildman–Crippen LogP) is 5.38. The summed E-state index contributed by atoms with van der Waals surface area (Å²) in [6.07, 6.45) is 8.76. The van der Waals surface area contributed by atoms with Crippen LogP contribution in [0.2, 0.25) is 0 Å². The molecule has 1 saturated carbocycles. The van der Waals surface area contributed by atoms with Crippen molar-refractivity contribution in [2.75, 3.05) is 62.2 Å². The zero-order valence-corrected chi connectivity index (χ0v) is 26.6. The number of pyridine rings is 1. The summed E-state index contributed by atoms with van der Waals surface area (Å²) in [4.78, 5) is 43.8. The van der Waals surface area contributed by atoms with Crippen LogP contribution in [0.15, 0.2) is 55.4 Å². The van der Waals surface area contributed by atoms with Gasteiger partial charge in [-0.05, 0) is 64.2 Å². The largest absolute Gasteiger partial charge is 0.494 e. The van der Waals surface area contributed by atoms with Crippen LogP contribution < -0.4 is 25.6 Å². The summed E-state index contributed by atoms with van der Waals surface area (Å²) < 4.78 is 7.81. The molecule has 4 aromatic rings. The number of methoxy groups -OCH3 is 1. The molecule has 0 radical (unpaired) electrons. The first-order chi connectivity index (χ1) is 21.7. The highest BCUT2D eigenvalue weighted by Gasteiger charge is 2.26. The zero-order chi connectivity index (χ0) is 32.1. The molecule has 0 saturated heterocycles. The van der Waals surface area contributed by atoms with Crippen molar-refractivity contribution in [3.63, 3.8) is 0 Å². The van der Waals surface area contributed by atoms with Crippen LogP contribution in [0.25, 0.3) is 11.0 Å². The van der Waals surface area contributed by atoms with Crippen molar-refractivity contribution in [2.45, 2.75) is 38.6 Å². The summed E-state index contributed by atoms with van der Waals surface area (Å²) in [7, 11) is 7.58. The van der Waals surface area contributed by atoms with E-state index in [1.54, 1.807) is 31.6 Å². The topological polar surface area (TPSA) is 130 Å². The molecule has 3 aromatic heterocycles. The molecule has 1 aliphatic rings. The number of likely N-dealkylation sites (N-methyl/N-ethyl adjacent to an activating group) is 2. The van der Waals surface area contributed by atoms with Gasteiger partial charge in [0.1, 0.15) is 17.1 Å². The van der Waals surface area contributed by atoms with E-state index in [-0.39, 0.29) is 17.9 Å². The Morgan fingerprint density at radius 1 is 1.07 bits per heavy atom. The van der Waals surface area contributed by atoms with Crippen LogP contribution in [0.5, 0.6) is 5.75 Å². The van der Waals surface area contributed by atoms with E-state index in [1.165, 1.54) is 6.08 Å². The third-order valence-corrected chi connectivity index (χ3v) is 7.95. The molecule has 12 nitrogen and oxygen atoms in total. The van der Waals surface area contributed by atoms with E-state index in [0.717, 1.165) is 55.5 Å². The van der Waals surface area contributed by atoms with Gasteiger partial charge < -0.3 is 35.1 Å². The first kappa shape index (κ1) is 31.5. The van der Waals surface area contributed by atoms with Crippen molar-refractivity contribution >= 4 is 51.5 Å². The number of hydrogen-bond acceptors (Lipinski definition) is 9. The summed E-state index contributed by atoms with van der Waals surface area (Å²) in [5.41, 5.74) is 4.68. The number of anilines is 5. The smallest absolute Gasteiger partial charge is 0.272 e. The molecule has 0 bridgehead atoms. The molecular formula is C33H41N9O3. The Labute approximate surface area is 263 Å². The minimum absolute atomic E-state index is 0.150. The fraction of sp³-hybridized carbons (Fsp3) is 0.364. The number of hydrogen-bond donors (Lipinski definition) is 3. The number of nitrogens with one attached hydrogen (secondary N) is 3. The molecule has 0 spiro atoms. The van der Waals surface area contributed by atoms with Gasteiger partial charge in [0, 0.05) is 61.4 Å². The Hall–Kier alpha value is -4.97. The predicted molar refractivity (Wildman–Crippen MR) is 179 cm³/mol. The molecule has 3 N–H and O–H groups in total. The van der Waals surface area contributed by atoms with Crippen LogP contribution in [0, 0.1) is 6.92 Å². The molecular weight excluding hydrogens is 570 g/mol. The minimum Gasteiger partial charge on any atom is -0.494 e. The summed E-state index contributed by atoms with van der Waals surface area (Å²) in [6, 6.07) is 9.30. The number of carbonyl (C=O) groups excluding carboxylic acids is 2. The van der Waals surface area contributed by atoms with Crippen LogP contribution in [0.1, 0.15) is 47.9 Å². The van der Waals surface area contributed by atoms with E-state index in [4.69, 9.17) is 9.72 Å². The highest BCUT2D eigenvalue weighted by atomic mass is 16.5. The second-order valence-corrected chi connectivity index (χ2v) is 11.6. The minimum atomic E-state index is -0.326. The van der Waals surface area contributed by atoms with Crippen molar-refractivity contribution in [1.29, 1.82) is 0 Å². The number of aromatic nitrogens is 4. The number of aryl methyl sites for hydroxylation is 1. The Balaban J connectivity index is 1.52. The lowest BCUT2D eigenvalue weighted by Gasteiger charge is -2.26. The molecule has 1 aliphatic carbocycles. The fourth-order valence-corrected chi connectivity index (χ4v) is 5.62. The van der Waals surface area contributed by atoms with E-state index < -0.39 is 0 Å². The van der Waals surface area contributed by atoms with Gasteiger partial charge in [0.15, 0.2) is 0 Å². The first-order valence-corrected chi connectivity index (χ1v) is 15.1. The van der Waals surface area contributed by atoms with Crippen LogP contribution in [-0.2, 0) is 4.79 Å². The Morgan fingerprint density at radius 2 is 1.84 bits per heavy atom. The van der Waals surface area contributed by atoms with E-state index in [0.29, 0.717) is 40.1 Å². The molecule has 2 amide bonds. The monoisotopic (exact) mass is 611 g/mol. The Kier molecular flexibility index (Phi) is 9.62. The molecule has 5 rings (SSSR count). The summed E-state index contributed by atoms with van der Waals surface area (Å²) >= 11 is 0. The summed E-state index contributed by atoms with van der Waals surface area (Å²) in [5.74, 6) is 0.358. The van der Waals surface area contributed by atoms with E-state index in [9.17, 15) is 9.59 Å². The lowest BCUT2D eigenvalue weighted by molar-refractivity contribution is -0.111. The maximum atomic E-state index is 13.6. The third kappa shape index (κ3) is 7.23. The van der Waals surface area contributed by atoms with E-state index >= 15 is 0 Å². The molecule has 0 aliphatic heterocycles. The van der Waals surface area contributed by atoms with E-state index in [2.05, 4.69) is 42.3 Å². The number of amides is 2. The van der Waals surface area contributed by atoms with Gasteiger partial charge in [-0.2, -0.15) is 4.98 Å². The Morgan fingerprint density at radius 3 is 2.53 bits per heavy atom. The number of ether oxygens (including phenoxy) is 1. The second kappa shape index (κ2) is 13.8. The number of rotatable bonds is 12. The molecule has 0 atom stereocenters.